The molecule has 4 rings (SSSR count). The van der Waals surface area contributed by atoms with Gasteiger partial charge in [-0.25, -0.2) is 9.97 Å². The number of aliphatic hydroxyl groups excluding tert-OH is 1. The SMILES string of the molecule is COc1ccc(OCCNCC(O)COc2ccc(-c3nc4cccnc4c(=O)n3C)cc2)cc1. The Balaban J connectivity index is 1.23. The van der Waals surface area contributed by atoms with E-state index < -0.39 is 6.10 Å². The predicted octanol–water partition coefficient (Wildman–Crippen LogP) is 2.41. The molecule has 2 aromatic carbocycles. The highest BCUT2D eigenvalue weighted by Crippen LogP contribution is 2.21. The van der Waals surface area contributed by atoms with Crippen LogP contribution in [0.1, 0.15) is 0 Å². The van der Waals surface area contributed by atoms with E-state index in [1.54, 1.807) is 44.6 Å². The van der Waals surface area contributed by atoms with Gasteiger partial charge >= 0.3 is 0 Å². The minimum atomic E-state index is -0.675. The summed E-state index contributed by atoms with van der Waals surface area (Å²) in [4.78, 5) is 21.3. The third-order valence-corrected chi connectivity index (χ3v) is 5.38. The molecule has 2 heterocycles. The van der Waals surface area contributed by atoms with Gasteiger partial charge < -0.3 is 24.6 Å². The molecule has 0 aliphatic carbocycles. The fraction of sp³-hybridized carbons (Fsp3) is 0.269. The first kappa shape index (κ1) is 24.2. The summed E-state index contributed by atoms with van der Waals surface area (Å²) < 4.78 is 17.9. The van der Waals surface area contributed by atoms with Gasteiger partial charge in [0.15, 0.2) is 5.52 Å². The van der Waals surface area contributed by atoms with Crippen molar-refractivity contribution in [3.8, 4) is 28.6 Å². The Morgan fingerprint density at radius 3 is 2.43 bits per heavy atom. The third kappa shape index (κ3) is 6.14. The number of ether oxygens (including phenoxy) is 3. The van der Waals surface area contributed by atoms with Crippen LogP contribution in [0.3, 0.4) is 0 Å². The van der Waals surface area contributed by atoms with Gasteiger partial charge in [-0.05, 0) is 60.7 Å². The lowest BCUT2D eigenvalue weighted by molar-refractivity contribution is 0.105. The average molecular weight is 477 g/mol. The van der Waals surface area contributed by atoms with Crippen molar-refractivity contribution in [3.63, 3.8) is 0 Å². The van der Waals surface area contributed by atoms with Crippen molar-refractivity contribution in [2.24, 2.45) is 7.05 Å². The molecule has 9 heteroatoms. The van der Waals surface area contributed by atoms with E-state index in [-0.39, 0.29) is 12.2 Å². The van der Waals surface area contributed by atoms with E-state index in [0.29, 0.717) is 42.3 Å². The lowest BCUT2D eigenvalue weighted by Crippen LogP contribution is -2.33. The van der Waals surface area contributed by atoms with E-state index in [2.05, 4.69) is 15.3 Å². The zero-order valence-corrected chi connectivity index (χ0v) is 19.7. The average Bonchev–Trinajstić information content (AvgIpc) is 2.90. The van der Waals surface area contributed by atoms with Crippen molar-refractivity contribution in [1.29, 1.82) is 0 Å². The monoisotopic (exact) mass is 476 g/mol. The molecule has 0 saturated heterocycles. The van der Waals surface area contributed by atoms with Gasteiger partial charge in [0.05, 0.1) is 12.6 Å². The maximum Gasteiger partial charge on any atom is 0.280 e. The number of aliphatic hydroxyl groups is 1. The number of hydrogen-bond donors (Lipinski definition) is 2. The highest BCUT2D eigenvalue weighted by molar-refractivity contribution is 5.75. The molecule has 0 aliphatic rings. The fourth-order valence-corrected chi connectivity index (χ4v) is 3.49. The lowest BCUT2D eigenvalue weighted by Gasteiger charge is -2.14. The Kier molecular flexibility index (Phi) is 7.92. The normalized spacial score (nSPS) is 11.9. The van der Waals surface area contributed by atoms with Gasteiger partial charge in [0.25, 0.3) is 5.56 Å². The van der Waals surface area contributed by atoms with Crippen LogP contribution in [0.5, 0.6) is 17.2 Å². The summed E-state index contributed by atoms with van der Waals surface area (Å²) in [5.41, 5.74) is 1.47. The van der Waals surface area contributed by atoms with E-state index >= 15 is 0 Å². The number of pyridine rings is 1. The van der Waals surface area contributed by atoms with Crippen LogP contribution < -0.4 is 25.1 Å². The van der Waals surface area contributed by atoms with Crippen LogP contribution in [0, 0.1) is 0 Å². The van der Waals surface area contributed by atoms with Crippen molar-refractivity contribution in [2.45, 2.75) is 6.10 Å². The maximum absolute atomic E-state index is 12.6. The van der Waals surface area contributed by atoms with E-state index in [4.69, 9.17) is 14.2 Å². The summed E-state index contributed by atoms with van der Waals surface area (Å²) in [6.45, 7) is 1.58. The molecular weight excluding hydrogens is 448 g/mol. The van der Waals surface area contributed by atoms with Crippen LogP contribution in [-0.4, -0.2) is 59.2 Å². The molecule has 0 saturated carbocycles. The number of nitrogens with one attached hydrogen (secondary N) is 1. The molecule has 1 unspecified atom stereocenters. The van der Waals surface area contributed by atoms with E-state index in [9.17, 15) is 9.90 Å². The van der Waals surface area contributed by atoms with Crippen molar-refractivity contribution in [2.75, 3.05) is 33.4 Å². The summed E-state index contributed by atoms with van der Waals surface area (Å²) in [5.74, 6) is 2.70. The summed E-state index contributed by atoms with van der Waals surface area (Å²) >= 11 is 0. The van der Waals surface area contributed by atoms with Crippen LogP contribution in [0.25, 0.3) is 22.4 Å². The first-order valence-corrected chi connectivity index (χ1v) is 11.3. The Morgan fingerprint density at radius 1 is 1.00 bits per heavy atom. The van der Waals surface area contributed by atoms with Gasteiger partial charge in [-0.3, -0.25) is 9.36 Å². The number of rotatable bonds is 11. The van der Waals surface area contributed by atoms with Crippen LogP contribution in [-0.2, 0) is 7.05 Å². The van der Waals surface area contributed by atoms with Gasteiger partial charge in [0, 0.05) is 31.9 Å². The van der Waals surface area contributed by atoms with Crippen molar-refractivity contribution in [3.05, 3.63) is 77.2 Å². The molecule has 1 atom stereocenters. The largest absolute Gasteiger partial charge is 0.497 e. The molecule has 2 N–H and O–H groups in total. The van der Waals surface area contributed by atoms with E-state index in [1.807, 2.05) is 36.4 Å². The number of methoxy groups -OCH3 is 1. The van der Waals surface area contributed by atoms with Gasteiger partial charge in [-0.1, -0.05) is 0 Å². The van der Waals surface area contributed by atoms with E-state index in [1.165, 1.54) is 4.57 Å². The van der Waals surface area contributed by atoms with Crippen LogP contribution >= 0.6 is 0 Å². The highest BCUT2D eigenvalue weighted by atomic mass is 16.5. The van der Waals surface area contributed by atoms with Gasteiger partial charge in [0.1, 0.15) is 42.4 Å². The first-order chi connectivity index (χ1) is 17.0. The molecule has 0 radical (unpaired) electrons. The zero-order chi connectivity index (χ0) is 24.6. The van der Waals surface area contributed by atoms with Crippen molar-refractivity contribution in [1.82, 2.24) is 19.9 Å². The molecule has 9 nitrogen and oxygen atoms in total. The van der Waals surface area contributed by atoms with Crippen molar-refractivity contribution >= 4 is 11.0 Å². The zero-order valence-electron chi connectivity index (χ0n) is 19.7. The third-order valence-electron chi connectivity index (χ3n) is 5.38. The number of hydrogen-bond acceptors (Lipinski definition) is 8. The Bertz CT molecular complexity index is 1310. The number of fused-ring (bicyclic) bond motifs is 1. The number of aromatic nitrogens is 3. The fourth-order valence-electron chi connectivity index (χ4n) is 3.49. The highest BCUT2D eigenvalue weighted by Gasteiger charge is 2.11. The maximum atomic E-state index is 12.6. The molecule has 2 aromatic heterocycles. The topological polar surface area (TPSA) is 108 Å². The van der Waals surface area contributed by atoms with Gasteiger partial charge in [-0.2, -0.15) is 0 Å². The predicted molar refractivity (Wildman–Crippen MR) is 133 cm³/mol. The molecule has 4 aromatic rings. The Morgan fingerprint density at radius 2 is 1.69 bits per heavy atom. The molecule has 0 bridgehead atoms. The Hall–Kier alpha value is -3.95. The van der Waals surface area contributed by atoms with Gasteiger partial charge in [0.2, 0.25) is 0 Å². The molecule has 0 amide bonds. The summed E-state index contributed by atoms with van der Waals surface area (Å²) in [7, 11) is 3.30. The standard InChI is InChI=1S/C26H28N4O5/c1-30-25(29-23-4-3-13-28-24(23)26(30)32)18-5-7-22(8-6-18)35-17-19(31)16-27-14-15-34-21-11-9-20(33-2)10-12-21/h3-13,19,27,31H,14-17H2,1-2H3. The molecule has 182 valence electrons. The second kappa shape index (κ2) is 11.5. The van der Waals surface area contributed by atoms with Crippen molar-refractivity contribution < 1.29 is 19.3 Å². The van der Waals surface area contributed by atoms with Crippen LogP contribution in [0.2, 0.25) is 0 Å². The second-order valence-corrected chi connectivity index (χ2v) is 7.89. The minimum Gasteiger partial charge on any atom is -0.497 e. The molecule has 0 fully saturated rings. The molecule has 0 spiro atoms. The Labute approximate surface area is 202 Å². The van der Waals surface area contributed by atoms with Crippen LogP contribution in [0.4, 0.5) is 0 Å². The summed E-state index contributed by atoms with van der Waals surface area (Å²) in [6.07, 6.45) is 0.906. The quantitative estimate of drug-likeness (QED) is 0.318. The van der Waals surface area contributed by atoms with Gasteiger partial charge in [-0.15, -0.1) is 0 Å². The molecule has 0 aliphatic heterocycles. The number of nitrogens with zero attached hydrogens (tertiary/aromatic N) is 3. The smallest absolute Gasteiger partial charge is 0.280 e. The second-order valence-electron chi connectivity index (χ2n) is 7.89. The minimum absolute atomic E-state index is 0.143. The summed E-state index contributed by atoms with van der Waals surface area (Å²) in [5, 5.41) is 13.3. The first-order valence-electron chi connectivity index (χ1n) is 11.3. The lowest BCUT2D eigenvalue weighted by atomic mass is 10.2. The summed E-state index contributed by atoms with van der Waals surface area (Å²) in [6, 6.07) is 18.1. The molecule has 35 heavy (non-hydrogen) atoms. The van der Waals surface area contributed by atoms with E-state index in [0.717, 1.165) is 17.1 Å². The van der Waals surface area contributed by atoms with Crippen LogP contribution in [0.15, 0.2) is 71.7 Å². The number of benzene rings is 2. The molecular formula is C26H28N4O5.